The fourth-order valence-corrected chi connectivity index (χ4v) is 2.20. The predicted octanol–water partition coefficient (Wildman–Crippen LogP) is -2.69. The van der Waals surface area contributed by atoms with Gasteiger partial charge in [-0.05, 0) is 0 Å². The van der Waals surface area contributed by atoms with Gasteiger partial charge in [-0.25, -0.2) is 5.14 Å². The summed E-state index contributed by atoms with van der Waals surface area (Å²) in [5, 5.41) is 4.99. The van der Waals surface area contributed by atoms with E-state index in [1.165, 1.54) is 0 Å². The second kappa shape index (κ2) is 6.26. The summed E-state index contributed by atoms with van der Waals surface area (Å²) in [5.41, 5.74) is 5.22. The molecule has 0 saturated carbocycles. The van der Waals surface area contributed by atoms with E-state index < -0.39 is 10.2 Å². The van der Waals surface area contributed by atoms with Crippen LogP contribution in [-0.2, 0) is 19.7 Å². The van der Waals surface area contributed by atoms with Gasteiger partial charge in [0.1, 0.15) is 6.61 Å². The van der Waals surface area contributed by atoms with E-state index >= 15 is 0 Å². The Morgan fingerprint density at radius 1 is 1.24 bits per heavy atom. The topological polar surface area (TPSA) is 119 Å². The second-order valence-corrected chi connectivity index (χ2v) is 5.21. The average molecular weight is 266 g/mol. The molecule has 100 valence electrons. The first-order valence-corrected chi connectivity index (χ1v) is 6.79. The second-order valence-electron chi connectivity index (χ2n) is 3.67. The Kier molecular flexibility index (Phi) is 5.28. The van der Waals surface area contributed by atoms with E-state index in [-0.39, 0.29) is 25.6 Å². The number of carbonyl (C=O) groups is 1. The minimum Gasteiger partial charge on any atom is -0.370 e. The highest BCUT2D eigenvalue weighted by Crippen LogP contribution is 2.04. The SMILES string of the molecule is NCCOCC(=O)N1CCN(S(N)(=O)=O)CC1. The summed E-state index contributed by atoms with van der Waals surface area (Å²) in [7, 11) is -3.65. The van der Waals surface area contributed by atoms with E-state index in [2.05, 4.69) is 0 Å². The van der Waals surface area contributed by atoms with Gasteiger partial charge >= 0.3 is 0 Å². The molecule has 9 heteroatoms. The van der Waals surface area contributed by atoms with Crippen LogP contribution in [0.15, 0.2) is 0 Å². The monoisotopic (exact) mass is 266 g/mol. The fraction of sp³-hybridized carbons (Fsp3) is 0.875. The highest BCUT2D eigenvalue weighted by atomic mass is 32.2. The molecule has 0 spiro atoms. The van der Waals surface area contributed by atoms with Crippen molar-refractivity contribution in [1.29, 1.82) is 0 Å². The Morgan fingerprint density at radius 3 is 2.29 bits per heavy atom. The molecule has 1 aliphatic rings. The maximum atomic E-state index is 11.6. The lowest BCUT2D eigenvalue weighted by Crippen LogP contribution is -2.52. The molecule has 0 aromatic rings. The zero-order chi connectivity index (χ0) is 12.9. The van der Waals surface area contributed by atoms with Crippen LogP contribution in [0.1, 0.15) is 0 Å². The third kappa shape index (κ3) is 4.56. The lowest BCUT2D eigenvalue weighted by molar-refractivity contribution is -0.137. The van der Waals surface area contributed by atoms with E-state index in [0.29, 0.717) is 26.2 Å². The first-order valence-electron chi connectivity index (χ1n) is 5.28. The lowest BCUT2D eigenvalue weighted by Gasteiger charge is -2.32. The van der Waals surface area contributed by atoms with Crippen molar-refractivity contribution in [2.24, 2.45) is 10.9 Å². The first kappa shape index (κ1) is 14.3. The van der Waals surface area contributed by atoms with Crippen molar-refractivity contribution in [2.45, 2.75) is 0 Å². The maximum Gasteiger partial charge on any atom is 0.277 e. The van der Waals surface area contributed by atoms with E-state index in [1.807, 2.05) is 0 Å². The molecule has 0 radical (unpaired) electrons. The molecule has 8 nitrogen and oxygen atoms in total. The van der Waals surface area contributed by atoms with Crippen LogP contribution in [0.4, 0.5) is 0 Å². The fourth-order valence-electron chi connectivity index (χ4n) is 1.53. The summed E-state index contributed by atoms with van der Waals surface area (Å²) in [4.78, 5) is 13.1. The Morgan fingerprint density at radius 2 is 1.82 bits per heavy atom. The standard InChI is InChI=1S/C8H18N4O4S/c9-1-6-16-7-8(13)11-2-4-12(5-3-11)17(10,14)15/h1-7,9H2,(H2,10,14,15). The molecule has 1 saturated heterocycles. The number of amides is 1. The van der Waals surface area contributed by atoms with Crippen LogP contribution in [0, 0.1) is 0 Å². The Bertz CT molecular complexity index is 351. The number of hydrogen-bond acceptors (Lipinski definition) is 5. The van der Waals surface area contributed by atoms with Crippen LogP contribution < -0.4 is 10.9 Å². The number of piperazine rings is 1. The Balaban J connectivity index is 2.34. The minimum absolute atomic E-state index is 0.0213. The predicted molar refractivity (Wildman–Crippen MR) is 61.1 cm³/mol. The third-order valence-electron chi connectivity index (χ3n) is 2.44. The van der Waals surface area contributed by atoms with Gasteiger partial charge in [0.2, 0.25) is 5.91 Å². The molecule has 1 heterocycles. The summed E-state index contributed by atoms with van der Waals surface area (Å²) < 4.78 is 28.2. The zero-order valence-corrected chi connectivity index (χ0v) is 10.4. The molecule has 0 aromatic heterocycles. The van der Waals surface area contributed by atoms with E-state index in [4.69, 9.17) is 15.6 Å². The van der Waals surface area contributed by atoms with Gasteiger partial charge in [0.05, 0.1) is 6.61 Å². The van der Waals surface area contributed by atoms with Crippen molar-refractivity contribution in [2.75, 3.05) is 45.9 Å². The molecule has 17 heavy (non-hydrogen) atoms. The summed E-state index contributed by atoms with van der Waals surface area (Å²) in [6.45, 7) is 1.80. The van der Waals surface area contributed by atoms with Gasteiger partial charge in [-0.1, -0.05) is 0 Å². The van der Waals surface area contributed by atoms with Crippen molar-refractivity contribution < 1.29 is 17.9 Å². The van der Waals surface area contributed by atoms with Crippen LogP contribution in [-0.4, -0.2) is 69.5 Å². The Hall–Kier alpha value is -0.740. The van der Waals surface area contributed by atoms with E-state index in [0.717, 1.165) is 4.31 Å². The number of nitrogens with two attached hydrogens (primary N) is 2. The average Bonchev–Trinajstić information content (AvgIpc) is 2.28. The van der Waals surface area contributed by atoms with Crippen LogP contribution in [0.5, 0.6) is 0 Å². The van der Waals surface area contributed by atoms with Gasteiger partial charge in [-0.3, -0.25) is 4.79 Å². The van der Waals surface area contributed by atoms with Gasteiger partial charge in [-0.15, -0.1) is 0 Å². The maximum absolute atomic E-state index is 11.6. The number of carbonyl (C=O) groups excluding carboxylic acids is 1. The smallest absolute Gasteiger partial charge is 0.277 e. The van der Waals surface area contributed by atoms with Crippen molar-refractivity contribution in [3.63, 3.8) is 0 Å². The van der Waals surface area contributed by atoms with Crippen molar-refractivity contribution in [3.05, 3.63) is 0 Å². The summed E-state index contributed by atoms with van der Waals surface area (Å²) in [6, 6.07) is 0. The Labute approximate surface area is 101 Å². The molecule has 0 bridgehead atoms. The summed E-state index contributed by atoms with van der Waals surface area (Å²) in [6.07, 6.45) is 0. The highest BCUT2D eigenvalue weighted by Gasteiger charge is 2.26. The third-order valence-corrected chi connectivity index (χ3v) is 3.52. The van der Waals surface area contributed by atoms with E-state index in [1.54, 1.807) is 4.90 Å². The number of nitrogens with zero attached hydrogens (tertiary/aromatic N) is 2. The summed E-state index contributed by atoms with van der Waals surface area (Å²) in [5.74, 6) is -0.160. The van der Waals surface area contributed by atoms with Crippen molar-refractivity contribution in [1.82, 2.24) is 9.21 Å². The minimum atomic E-state index is -3.65. The van der Waals surface area contributed by atoms with Gasteiger partial charge in [0, 0.05) is 32.7 Å². The van der Waals surface area contributed by atoms with Gasteiger partial charge < -0.3 is 15.4 Å². The van der Waals surface area contributed by atoms with Crippen molar-refractivity contribution >= 4 is 16.1 Å². The van der Waals surface area contributed by atoms with Gasteiger partial charge in [-0.2, -0.15) is 12.7 Å². The number of ether oxygens (including phenoxy) is 1. The first-order chi connectivity index (χ1) is 7.95. The number of rotatable bonds is 5. The molecule has 0 atom stereocenters. The normalized spacial score (nSPS) is 18.4. The molecule has 1 fully saturated rings. The lowest BCUT2D eigenvalue weighted by atomic mass is 10.3. The molecule has 1 rings (SSSR count). The van der Waals surface area contributed by atoms with Crippen LogP contribution in [0.25, 0.3) is 0 Å². The van der Waals surface area contributed by atoms with Gasteiger partial charge in [0.15, 0.2) is 0 Å². The van der Waals surface area contributed by atoms with Crippen LogP contribution >= 0.6 is 0 Å². The molecule has 4 N–H and O–H groups in total. The number of hydrogen-bond donors (Lipinski definition) is 2. The molecule has 0 unspecified atom stereocenters. The molecular weight excluding hydrogens is 248 g/mol. The van der Waals surface area contributed by atoms with Crippen LogP contribution in [0.3, 0.4) is 0 Å². The van der Waals surface area contributed by atoms with Crippen molar-refractivity contribution in [3.8, 4) is 0 Å². The molecule has 1 aliphatic heterocycles. The summed E-state index contributed by atoms with van der Waals surface area (Å²) >= 11 is 0. The van der Waals surface area contributed by atoms with Gasteiger partial charge in [0.25, 0.3) is 10.2 Å². The van der Waals surface area contributed by atoms with E-state index in [9.17, 15) is 13.2 Å². The molecule has 0 aliphatic carbocycles. The molecule has 1 amide bonds. The molecule has 0 aromatic carbocycles. The van der Waals surface area contributed by atoms with Crippen LogP contribution in [0.2, 0.25) is 0 Å². The zero-order valence-electron chi connectivity index (χ0n) is 9.54. The highest BCUT2D eigenvalue weighted by molar-refractivity contribution is 7.86. The largest absolute Gasteiger partial charge is 0.370 e. The quantitative estimate of drug-likeness (QED) is 0.525. The molecular formula is C8H18N4O4S.